The van der Waals surface area contributed by atoms with Gasteiger partial charge in [-0.3, -0.25) is 14.2 Å². The molecule has 0 aromatic carbocycles. The first-order valence-electron chi connectivity index (χ1n) is 7.88. The van der Waals surface area contributed by atoms with Crippen LogP contribution in [0.3, 0.4) is 0 Å². The first-order chi connectivity index (χ1) is 12.0. The number of aryl methyl sites for hydroxylation is 1. The Balaban J connectivity index is 1.55. The van der Waals surface area contributed by atoms with Crippen LogP contribution >= 0.6 is 11.6 Å². The molecule has 0 bridgehead atoms. The highest BCUT2D eigenvalue weighted by molar-refractivity contribution is 6.30. The number of aromatic nitrogens is 5. The lowest BCUT2D eigenvalue weighted by atomic mass is 10.1. The maximum atomic E-state index is 12.5. The number of aliphatic hydroxyl groups excluding tert-OH is 1. The third-order valence-electron chi connectivity index (χ3n) is 4.40. The molecule has 0 spiro atoms. The molecule has 1 aliphatic heterocycles. The number of nitrogens with one attached hydrogen (secondary N) is 1. The normalized spacial score (nSPS) is 15.2. The number of halogens is 1. The van der Waals surface area contributed by atoms with Gasteiger partial charge in [0.2, 0.25) is 0 Å². The van der Waals surface area contributed by atoms with Gasteiger partial charge in [-0.05, 0) is 18.2 Å². The van der Waals surface area contributed by atoms with E-state index in [1.807, 2.05) is 10.7 Å². The van der Waals surface area contributed by atoms with Crippen molar-refractivity contribution in [1.82, 2.24) is 29.4 Å². The Morgan fingerprint density at radius 3 is 2.92 bits per heavy atom. The zero-order chi connectivity index (χ0) is 17.6. The van der Waals surface area contributed by atoms with E-state index in [2.05, 4.69) is 15.2 Å². The standard InChI is InChI=1S/C16H17ClN6O2/c1-21-14(2-3-19-21)15(24)12-7-11-9-22(4-5-23(11)20-12)16(25)13-6-10(17)8-18-13/h2-3,6-8,15,18,24H,4-5,9H2,1H3/t15-/m1/s1. The molecule has 0 saturated heterocycles. The van der Waals surface area contributed by atoms with E-state index in [0.717, 1.165) is 5.69 Å². The summed E-state index contributed by atoms with van der Waals surface area (Å²) in [6, 6.07) is 5.21. The summed E-state index contributed by atoms with van der Waals surface area (Å²) in [6.07, 6.45) is 2.37. The molecule has 0 saturated carbocycles. The van der Waals surface area contributed by atoms with E-state index < -0.39 is 6.10 Å². The molecule has 0 unspecified atom stereocenters. The molecule has 1 amide bonds. The second-order valence-corrected chi connectivity index (χ2v) is 6.46. The van der Waals surface area contributed by atoms with Crippen molar-refractivity contribution in [1.29, 1.82) is 0 Å². The first kappa shape index (κ1) is 15.9. The maximum absolute atomic E-state index is 12.5. The van der Waals surface area contributed by atoms with Gasteiger partial charge in [0.1, 0.15) is 11.8 Å². The van der Waals surface area contributed by atoms with Crippen molar-refractivity contribution >= 4 is 17.5 Å². The Bertz CT molecular complexity index is 927. The average molecular weight is 361 g/mol. The van der Waals surface area contributed by atoms with Crippen molar-refractivity contribution in [3.8, 4) is 0 Å². The third kappa shape index (κ3) is 2.83. The number of carbonyl (C=O) groups is 1. The summed E-state index contributed by atoms with van der Waals surface area (Å²) < 4.78 is 3.45. The fourth-order valence-corrected chi connectivity index (χ4v) is 3.22. The Morgan fingerprint density at radius 2 is 2.24 bits per heavy atom. The minimum Gasteiger partial charge on any atom is -0.380 e. The summed E-state index contributed by atoms with van der Waals surface area (Å²) in [4.78, 5) is 17.2. The Kier molecular flexibility index (Phi) is 3.85. The molecular weight excluding hydrogens is 344 g/mol. The van der Waals surface area contributed by atoms with E-state index in [1.54, 1.807) is 41.2 Å². The lowest BCUT2D eigenvalue weighted by molar-refractivity contribution is 0.0700. The summed E-state index contributed by atoms with van der Waals surface area (Å²) in [7, 11) is 1.77. The fourth-order valence-electron chi connectivity index (χ4n) is 3.06. The number of H-pyrrole nitrogens is 1. The van der Waals surface area contributed by atoms with E-state index in [-0.39, 0.29) is 5.91 Å². The molecule has 3 aromatic rings. The van der Waals surface area contributed by atoms with Crippen LogP contribution in [0.2, 0.25) is 5.02 Å². The van der Waals surface area contributed by atoms with Crippen LogP contribution in [0.15, 0.2) is 30.6 Å². The monoisotopic (exact) mass is 360 g/mol. The van der Waals surface area contributed by atoms with E-state index in [9.17, 15) is 9.90 Å². The molecule has 0 radical (unpaired) electrons. The van der Waals surface area contributed by atoms with Gasteiger partial charge in [0.15, 0.2) is 0 Å². The van der Waals surface area contributed by atoms with Gasteiger partial charge in [0.25, 0.3) is 5.91 Å². The van der Waals surface area contributed by atoms with Crippen LogP contribution < -0.4 is 0 Å². The number of carbonyl (C=O) groups excluding carboxylic acids is 1. The van der Waals surface area contributed by atoms with Crippen LogP contribution in [0.4, 0.5) is 0 Å². The molecule has 9 heteroatoms. The maximum Gasteiger partial charge on any atom is 0.270 e. The molecule has 0 aliphatic carbocycles. The summed E-state index contributed by atoms with van der Waals surface area (Å²) in [5.41, 5.74) is 2.57. The minimum atomic E-state index is -0.850. The number of nitrogens with zero attached hydrogens (tertiary/aromatic N) is 5. The number of amides is 1. The second kappa shape index (κ2) is 6.05. The number of hydrogen-bond acceptors (Lipinski definition) is 4. The molecule has 1 atom stereocenters. The predicted octanol–water partition coefficient (Wildman–Crippen LogP) is 1.34. The van der Waals surface area contributed by atoms with Crippen LogP contribution in [0.1, 0.15) is 33.7 Å². The van der Waals surface area contributed by atoms with Crippen LogP contribution in [-0.2, 0) is 20.1 Å². The highest BCUT2D eigenvalue weighted by Gasteiger charge is 2.26. The smallest absolute Gasteiger partial charge is 0.270 e. The van der Waals surface area contributed by atoms with Crippen LogP contribution in [-0.4, -0.2) is 47.0 Å². The molecule has 25 heavy (non-hydrogen) atoms. The molecule has 130 valence electrons. The molecule has 4 rings (SSSR count). The number of fused-ring (bicyclic) bond motifs is 1. The van der Waals surface area contributed by atoms with Gasteiger partial charge in [-0.1, -0.05) is 11.6 Å². The van der Waals surface area contributed by atoms with Gasteiger partial charge < -0.3 is 15.0 Å². The fraction of sp³-hybridized carbons (Fsp3) is 0.312. The van der Waals surface area contributed by atoms with Crippen LogP contribution in [0, 0.1) is 0 Å². The average Bonchev–Trinajstić information content (AvgIpc) is 3.32. The molecule has 1 aliphatic rings. The SMILES string of the molecule is Cn1nccc1[C@H](O)c1cc2n(n1)CCN(C(=O)c1cc(Cl)c[nH]1)C2. The van der Waals surface area contributed by atoms with Crippen molar-refractivity contribution < 1.29 is 9.90 Å². The molecule has 3 aromatic heterocycles. The van der Waals surface area contributed by atoms with Crippen molar-refractivity contribution in [3.05, 3.63) is 58.4 Å². The van der Waals surface area contributed by atoms with Crippen molar-refractivity contribution in [2.24, 2.45) is 7.05 Å². The summed E-state index contributed by atoms with van der Waals surface area (Å²) in [5, 5.41) is 19.6. The minimum absolute atomic E-state index is 0.104. The third-order valence-corrected chi connectivity index (χ3v) is 4.62. The van der Waals surface area contributed by atoms with Crippen molar-refractivity contribution in [2.45, 2.75) is 19.2 Å². The van der Waals surface area contributed by atoms with Gasteiger partial charge in [-0.25, -0.2) is 0 Å². The van der Waals surface area contributed by atoms with Crippen LogP contribution in [0.25, 0.3) is 0 Å². The molecule has 4 heterocycles. The van der Waals surface area contributed by atoms with Gasteiger partial charge in [-0.15, -0.1) is 0 Å². The van der Waals surface area contributed by atoms with Gasteiger partial charge in [0, 0.05) is 26.0 Å². The van der Waals surface area contributed by atoms with E-state index in [0.29, 0.717) is 41.7 Å². The quantitative estimate of drug-likeness (QED) is 0.737. The van der Waals surface area contributed by atoms with Crippen molar-refractivity contribution in [2.75, 3.05) is 6.54 Å². The van der Waals surface area contributed by atoms with E-state index >= 15 is 0 Å². The van der Waals surface area contributed by atoms with E-state index in [4.69, 9.17) is 11.6 Å². The number of aromatic amines is 1. The lowest BCUT2D eigenvalue weighted by Gasteiger charge is -2.27. The van der Waals surface area contributed by atoms with Crippen molar-refractivity contribution in [3.63, 3.8) is 0 Å². The molecular formula is C16H17ClN6O2. The van der Waals surface area contributed by atoms with Gasteiger partial charge in [-0.2, -0.15) is 10.2 Å². The highest BCUT2D eigenvalue weighted by atomic mass is 35.5. The zero-order valence-electron chi connectivity index (χ0n) is 13.6. The number of aliphatic hydroxyl groups is 1. The summed E-state index contributed by atoms with van der Waals surface area (Å²) in [5.74, 6) is -0.104. The lowest BCUT2D eigenvalue weighted by Crippen LogP contribution is -2.38. The van der Waals surface area contributed by atoms with E-state index in [1.165, 1.54) is 0 Å². The van der Waals surface area contributed by atoms with Gasteiger partial charge >= 0.3 is 0 Å². The first-order valence-corrected chi connectivity index (χ1v) is 8.26. The Morgan fingerprint density at radius 1 is 1.40 bits per heavy atom. The molecule has 2 N–H and O–H groups in total. The van der Waals surface area contributed by atoms with Crippen LogP contribution in [0.5, 0.6) is 0 Å². The summed E-state index contributed by atoms with van der Waals surface area (Å²) >= 11 is 5.87. The Hall–Kier alpha value is -2.58. The zero-order valence-corrected chi connectivity index (χ0v) is 14.3. The Labute approximate surface area is 148 Å². The predicted molar refractivity (Wildman–Crippen MR) is 90.0 cm³/mol. The molecule has 0 fully saturated rings. The molecule has 8 nitrogen and oxygen atoms in total. The largest absolute Gasteiger partial charge is 0.380 e. The summed E-state index contributed by atoms with van der Waals surface area (Å²) in [6.45, 7) is 1.56. The number of hydrogen-bond donors (Lipinski definition) is 2. The highest BCUT2D eigenvalue weighted by Crippen LogP contribution is 2.24. The van der Waals surface area contributed by atoms with Gasteiger partial charge in [0.05, 0.1) is 35.2 Å². The topological polar surface area (TPSA) is 92.0 Å². The second-order valence-electron chi connectivity index (χ2n) is 6.02. The number of rotatable bonds is 3.